The van der Waals surface area contributed by atoms with E-state index in [0.29, 0.717) is 12.2 Å². The molecule has 1 aromatic rings. The van der Waals surface area contributed by atoms with Gasteiger partial charge in [-0.1, -0.05) is 18.2 Å². The van der Waals surface area contributed by atoms with Gasteiger partial charge in [0.05, 0.1) is 12.7 Å². The second kappa shape index (κ2) is 6.84. The monoisotopic (exact) mass is 248 g/mol. The maximum absolute atomic E-state index is 11.5. The maximum Gasteiger partial charge on any atom is 0.333 e. The number of hydrogen-bond acceptors (Lipinski definition) is 3. The highest BCUT2D eigenvalue weighted by Gasteiger charge is 2.07. The van der Waals surface area contributed by atoms with Crippen LogP contribution in [-0.2, 0) is 9.53 Å². The van der Waals surface area contributed by atoms with Crippen LogP contribution >= 0.6 is 0 Å². The van der Waals surface area contributed by atoms with Gasteiger partial charge < -0.3 is 9.47 Å². The Kier molecular flexibility index (Phi) is 5.43. The van der Waals surface area contributed by atoms with Crippen LogP contribution in [0.3, 0.4) is 0 Å². The molecule has 1 aromatic carbocycles. The molecule has 1 rings (SSSR count). The van der Waals surface area contributed by atoms with Gasteiger partial charge in [-0.3, -0.25) is 0 Å². The average molecular weight is 248 g/mol. The van der Waals surface area contributed by atoms with Crippen LogP contribution in [0.4, 0.5) is 0 Å². The molecule has 0 N–H and O–H groups in total. The van der Waals surface area contributed by atoms with E-state index in [1.807, 2.05) is 38.1 Å². The molecule has 0 aliphatic heterocycles. The van der Waals surface area contributed by atoms with Crippen molar-refractivity contribution < 1.29 is 14.3 Å². The van der Waals surface area contributed by atoms with Crippen molar-refractivity contribution >= 4 is 12.0 Å². The summed E-state index contributed by atoms with van der Waals surface area (Å²) in [5.41, 5.74) is 1.45. The van der Waals surface area contributed by atoms with Gasteiger partial charge in [-0.25, -0.2) is 4.79 Å². The van der Waals surface area contributed by atoms with Crippen molar-refractivity contribution in [3.8, 4) is 5.75 Å². The van der Waals surface area contributed by atoms with Crippen molar-refractivity contribution in [2.45, 2.75) is 33.8 Å². The molecule has 3 nitrogen and oxygen atoms in total. The van der Waals surface area contributed by atoms with E-state index in [9.17, 15) is 4.79 Å². The van der Waals surface area contributed by atoms with Crippen molar-refractivity contribution in [2.24, 2.45) is 0 Å². The Balaban J connectivity index is 2.95. The summed E-state index contributed by atoms with van der Waals surface area (Å²) >= 11 is 0. The summed E-state index contributed by atoms with van der Waals surface area (Å²) in [6.45, 7) is 7.86. The first-order valence-electron chi connectivity index (χ1n) is 6.15. The van der Waals surface area contributed by atoms with E-state index in [0.717, 1.165) is 11.3 Å². The van der Waals surface area contributed by atoms with Gasteiger partial charge in [0.1, 0.15) is 5.75 Å². The predicted molar refractivity (Wildman–Crippen MR) is 72.5 cm³/mol. The molecule has 0 atom stereocenters. The number of esters is 1. The second-order valence-electron chi connectivity index (χ2n) is 4.25. The zero-order valence-corrected chi connectivity index (χ0v) is 11.4. The fraction of sp³-hybridized carbons (Fsp3) is 0.400. The van der Waals surface area contributed by atoms with E-state index >= 15 is 0 Å². The van der Waals surface area contributed by atoms with Crippen LogP contribution in [-0.4, -0.2) is 18.7 Å². The first-order valence-corrected chi connectivity index (χ1v) is 6.15. The topological polar surface area (TPSA) is 35.5 Å². The lowest BCUT2D eigenvalue weighted by molar-refractivity contribution is -0.138. The summed E-state index contributed by atoms with van der Waals surface area (Å²) < 4.78 is 10.6. The summed E-state index contributed by atoms with van der Waals surface area (Å²) in [4.78, 5) is 11.5. The van der Waals surface area contributed by atoms with Crippen LogP contribution in [0.2, 0.25) is 0 Å². The summed E-state index contributed by atoms with van der Waals surface area (Å²) in [6.07, 6.45) is 1.89. The first-order chi connectivity index (χ1) is 8.54. The third kappa shape index (κ3) is 4.24. The predicted octanol–water partition coefficient (Wildman–Crippen LogP) is 3.44. The van der Waals surface area contributed by atoms with Gasteiger partial charge in [0.15, 0.2) is 0 Å². The summed E-state index contributed by atoms with van der Waals surface area (Å²) in [5, 5.41) is 0. The largest absolute Gasteiger partial charge is 0.490 e. The van der Waals surface area contributed by atoms with Crippen LogP contribution in [0.5, 0.6) is 5.75 Å². The SMILES string of the molecule is CCOC(=O)/C(C)=C/c1ccccc1OC(C)C. The number of carbonyl (C=O) groups excluding carboxylic acids is 1. The molecule has 0 aliphatic carbocycles. The molecule has 0 spiro atoms. The number of rotatable bonds is 5. The van der Waals surface area contributed by atoms with Crippen molar-refractivity contribution in [2.75, 3.05) is 6.61 Å². The molecule has 0 saturated heterocycles. The number of ether oxygens (including phenoxy) is 2. The molecule has 0 amide bonds. The maximum atomic E-state index is 11.5. The zero-order valence-electron chi connectivity index (χ0n) is 11.4. The van der Waals surface area contributed by atoms with E-state index in [1.165, 1.54) is 0 Å². The standard InChI is InChI=1S/C15H20O3/c1-5-17-15(16)12(4)10-13-8-6-7-9-14(13)18-11(2)3/h6-11H,5H2,1-4H3/b12-10+. The van der Waals surface area contributed by atoms with Crippen molar-refractivity contribution in [3.63, 3.8) is 0 Å². The van der Waals surface area contributed by atoms with Crippen LogP contribution < -0.4 is 4.74 Å². The van der Waals surface area contributed by atoms with Crippen molar-refractivity contribution in [3.05, 3.63) is 35.4 Å². The molecular weight excluding hydrogens is 228 g/mol. The van der Waals surface area contributed by atoms with E-state index in [4.69, 9.17) is 9.47 Å². The number of benzene rings is 1. The molecule has 0 saturated carbocycles. The van der Waals surface area contributed by atoms with E-state index in [1.54, 1.807) is 19.9 Å². The minimum atomic E-state index is -0.295. The Labute approximate surface area is 108 Å². The van der Waals surface area contributed by atoms with Gasteiger partial charge in [0.25, 0.3) is 0 Å². The first kappa shape index (κ1) is 14.3. The smallest absolute Gasteiger partial charge is 0.333 e. The molecule has 98 valence electrons. The Hall–Kier alpha value is -1.77. The molecule has 0 fully saturated rings. The summed E-state index contributed by atoms with van der Waals surface area (Å²) in [5.74, 6) is 0.480. The zero-order chi connectivity index (χ0) is 13.5. The number of carbonyl (C=O) groups is 1. The third-order valence-corrected chi connectivity index (χ3v) is 2.25. The van der Waals surface area contributed by atoms with E-state index < -0.39 is 0 Å². The molecule has 0 unspecified atom stereocenters. The summed E-state index contributed by atoms with van der Waals surface area (Å²) in [7, 11) is 0. The molecule has 3 heteroatoms. The van der Waals surface area contributed by atoms with Crippen LogP contribution in [0.25, 0.3) is 6.08 Å². The molecular formula is C15H20O3. The molecule has 0 bridgehead atoms. The minimum Gasteiger partial charge on any atom is -0.490 e. The highest BCUT2D eigenvalue weighted by Crippen LogP contribution is 2.22. The molecule has 0 radical (unpaired) electrons. The van der Waals surface area contributed by atoms with Crippen LogP contribution in [0.1, 0.15) is 33.3 Å². The Morgan fingerprint density at radius 2 is 2.00 bits per heavy atom. The highest BCUT2D eigenvalue weighted by atomic mass is 16.5. The fourth-order valence-electron chi connectivity index (χ4n) is 1.50. The lowest BCUT2D eigenvalue weighted by atomic mass is 10.1. The van der Waals surface area contributed by atoms with Crippen molar-refractivity contribution in [1.29, 1.82) is 0 Å². The Morgan fingerprint density at radius 3 is 2.61 bits per heavy atom. The molecule has 18 heavy (non-hydrogen) atoms. The van der Waals surface area contributed by atoms with E-state index in [-0.39, 0.29) is 12.1 Å². The van der Waals surface area contributed by atoms with Gasteiger partial charge in [-0.15, -0.1) is 0 Å². The average Bonchev–Trinajstić information content (AvgIpc) is 2.31. The number of para-hydroxylation sites is 1. The normalized spacial score (nSPS) is 11.5. The van der Waals surface area contributed by atoms with Gasteiger partial charge >= 0.3 is 5.97 Å². The highest BCUT2D eigenvalue weighted by molar-refractivity contribution is 5.93. The number of hydrogen-bond donors (Lipinski definition) is 0. The van der Waals surface area contributed by atoms with Gasteiger partial charge in [0, 0.05) is 11.1 Å². The molecule has 0 aliphatic rings. The molecule has 0 heterocycles. The lowest BCUT2D eigenvalue weighted by Crippen LogP contribution is -2.07. The van der Waals surface area contributed by atoms with E-state index in [2.05, 4.69) is 0 Å². The van der Waals surface area contributed by atoms with Crippen LogP contribution in [0, 0.1) is 0 Å². The third-order valence-electron chi connectivity index (χ3n) is 2.25. The molecule has 0 aromatic heterocycles. The second-order valence-corrected chi connectivity index (χ2v) is 4.25. The van der Waals surface area contributed by atoms with Gasteiger partial charge in [0.2, 0.25) is 0 Å². The van der Waals surface area contributed by atoms with Crippen molar-refractivity contribution in [1.82, 2.24) is 0 Å². The van der Waals surface area contributed by atoms with Gasteiger partial charge in [-0.05, 0) is 39.8 Å². The Morgan fingerprint density at radius 1 is 1.33 bits per heavy atom. The quantitative estimate of drug-likeness (QED) is 0.591. The minimum absolute atomic E-state index is 0.0995. The fourth-order valence-corrected chi connectivity index (χ4v) is 1.50. The van der Waals surface area contributed by atoms with Gasteiger partial charge in [-0.2, -0.15) is 0 Å². The summed E-state index contributed by atoms with van der Waals surface area (Å²) in [6, 6.07) is 7.64. The Bertz CT molecular complexity index is 433. The lowest BCUT2D eigenvalue weighted by Gasteiger charge is -2.12. The van der Waals surface area contributed by atoms with Crippen LogP contribution in [0.15, 0.2) is 29.8 Å².